The average molecular weight is 355 g/mol. The van der Waals surface area contributed by atoms with E-state index in [1.54, 1.807) is 0 Å². The van der Waals surface area contributed by atoms with Gasteiger partial charge >= 0.3 is 0 Å². The molecule has 0 aliphatic heterocycles. The molecule has 0 saturated heterocycles. The number of unbranched alkanes of at least 4 members (excludes halogenated alkanes) is 15. The molecular formula is C24H50O. The Morgan fingerprint density at radius 2 is 0.840 bits per heavy atom. The molecule has 0 unspecified atom stereocenters. The van der Waals surface area contributed by atoms with Crippen LogP contribution in [0.15, 0.2) is 0 Å². The Hall–Kier alpha value is -0.0400. The first-order valence-corrected chi connectivity index (χ1v) is 11.6. The van der Waals surface area contributed by atoms with Crippen molar-refractivity contribution in [1.82, 2.24) is 0 Å². The fourth-order valence-electron chi connectivity index (χ4n) is 3.23. The van der Waals surface area contributed by atoms with Gasteiger partial charge in [-0.1, -0.05) is 124 Å². The molecule has 0 aliphatic rings. The summed E-state index contributed by atoms with van der Waals surface area (Å²) < 4.78 is 5.73. The summed E-state index contributed by atoms with van der Waals surface area (Å²) in [5, 5.41) is 0. The van der Waals surface area contributed by atoms with E-state index in [0.29, 0.717) is 5.41 Å². The molecule has 1 nitrogen and oxygen atoms in total. The van der Waals surface area contributed by atoms with Crippen LogP contribution in [0.2, 0.25) is 0 Å². The molecule has 0 bridgehead atoms. The van der Waals surface area contributed by atoms with Crippen molar-refractivity contribution in [2.24, 2.45) is 5.41 Å². The smallest absolute Gasteiger partial charge is 0.0471 e. The highest BCUT2D eigenvalue weighted by atomic mass is 16.5. The number of ether oxygens (including phenoxy) is 1. The summed E-state index contributed by atoms with van der Waals surface area (Å²) in [6.07, 6.45) is 24.1. The fraction of sp³-hybridized carbons (Fsp3) is 1.00. The van der Waals surface area contributed by atoms with Crippen LogP contribution in [0, 0.1) is 5.41 Å². The van der Waals surface area contributed by atoms with Crippen LogP contribution in [-0.4, -0.2) is 13.2 Å². The highest BCUT2D eigenvalue weighted by Crippen LogP contribution is 2.18. The van der Waals surface area contributed by atoms with E-state index in [-0.39, 0.29) is 0 Å². The van der Waals surface area contributed by atoms with Crippen LogP contribution in [0.25, 0.3) is 0 Å². The Labute approximate surface area is 160 Å². The Morgan fingerprint density at radius 1 is 0.480 bits per heavy atom. The maximum absolute atomic E-state index is 5.73. The maximum Gasteiger partial charge on any atom is 0.0471 e. The molecule has 0 amide bonds. The van der Waals surface area contributed by atoms with E-state index >= 15 is 0 Å². The van der Waals surface area contributed by atoms with Crippen LogP contribution in [-0.2, 0) is 4.74 Å². The van der Waals surface area contributed by atoms with Crippen LogP contribution in [0.1, 0.15) is 137 Å². The van der Waals surface area contributed by atoms with Crippen LogP contribution < -0.4 is 0 Å². The largest absolute Gasteiger partial charge is 0.381 e. The highest BCUT2D eigenvalue weighted by Gasteiger charge is 2.08. The molecule has 0 rings (SSSR count). The van der Waals surface area contributed by atoms with E-state index in [9.17, 15) is 0 Å². The lowest BCUT2D eigenvalue weighted by molar-refractivity contribution is 0.105. The van der Waals surface area contributed by atoms with Gasteiger partial charge in [0.1, 0.15) is 0 Å². The molecule has 0 atom stereocenters. The summed E-state index contributed by atoms with van der Waals surface area (Å²) in [4.78, 5) is 0. The molecule has 0 radical (unpaired) electrons. The van der Waals surface area contributed by atoms with Gasteiger partial charge in [-0.05, 0) is 18.3 Å². The molecule has 25 heavy (non-hydrogen) atoms. The van der Waals surface area contributed by atoms with Crippen LogP contribution in [0.5, 0.6) is 0 Å². The first-order valence-electron chi connectivity index (χ1n) is 11.6. The number of hydrogen-bond acceptors (Lipinski definition) is 1. The summed E-state index contributed by atoms with van der Waals surface area (Å²) in [6.45, 7) is 11.0. The lowest BCUT2D eigenvalue weighted by atomic mass is 9.93. The molecule has 0 fully saturated rings. The Bertz CT molecular complexity index is 241. The molecule has 0 heterocycles. The van der Waals surface area contributed by atoms with Crippen LogP contribution >= 0.6 is 0 Å². The van der Waals surface area contributed by atoms with Gasteiger partial charge in [-0.3, -0.25) is 0 Å². The van der Waals surface area contributed by atoms with Crippen molar-refractivity contribution >= 4 is 0 Å². The SMILES string of the molecule is CCCCCCCCCCCCCCCCCCOCCC(C)(C)C. The van der Waals surface area contributed by atoms with Crippen molar-refractivity contribution in [3.63, 3.8) is 0 Å². The van der Waals surface area contributed by atoms with E-state index in [0.717, 1.165) is 13.2 Å². The van der Waals surface area contributed by atoms with Gasteiger partial charge in [0.25, 0.3) is 0 Å². The predicted molar refractivity (Wildman–Crippen MR) is 114 cm³/mol. The third kappa shape index (κ3) is 24.0. The quantitative estimate of drug-likeness (QED) is 0.211. The predicted octanol–water partition coefficient (Wildman–Crippen LogP) is 8.70. The molecule has 0 saturated carbocycles. The molecule has 0 N–H and O–H groups in total. The van der Waals surface area contributed by atoms with Crippen LogP contribution in [0.3, 0.4) is 0 Å². The Kier molecular flexibility index (Phi) is 18.7. The van der Waals surface area contributed by atoms with E-state index in [1.807, 2.05) is 0 Å². The zero-order valence-corrected chi connectivity index (χ0v) is 18.3. The van der Waals surface area contributed by atoms with E-state index in [1.165, 1.54) is 109 Å². The number of rotatable bonds is 19. The first kappa shape index (κ1) is 25.0. The third-order valence-electron chi connectivity index (χ3n) is 5.14. The van der Waals surface area contributed by atoms with Crippen molar-refractivity contribution in [2.75, 3.05) is 13.2 Å². The van der Waals surface area contributed by atoms with Gasteiger partial charge in [0.05, 0.1) is 0 Å². The molecule has 1 heteroatoms. The monoisotopic (exact) mass is 354 g/mol. The lowest BCUT2D eigenvalue weighted by Gasteiger charge is -2.17. The topological polar surface area (TPSA) is 9.23 Å². The van der Waals surface area contributed by atoms with Crippen molar-refractivity contribution in [3.05, 3.63) is 0 Å². The minimum absolute atomic E-state index is 0.411. The summed E-state index contributed by atoms with van der Waals surface area (Å²) in [7, 11) is 0. The second kappa shape index (κ2) is 18.7. The van der Waals surface area contributed by atoms with Gasteiger partial charge in [-0.25, -0.2) is 0 Å². The summed E-state index contributed by atoms with van der Waals surface area (Å²) in [5.74, 6) is 0. The first-order chi connectivity index (χ1) is 12.1. The fourth-order valence-corrected chi connectivity index (χ4v) is 3.23. The van der Waals surface area contributed by atoms with Gasteiger partial charge in [0, 0.05) is 13.2 Å². The summed E-state index contributed by atoms with van der Waals surface area (Å²) in [6, 6.07) is 0. The van der Waals surface area contributed by atoms with Crippen molar-refractivity contribution in [3.8, 4) is 0 Å². The third-order valence-corrected chi connectivity index (χ3v) is 5.14. The lowest BCUT2D eigenvalue weighted by Crippen LogP contribution is -2.09. The van der Waals surface area contributed by atoms with Gasteiger partial charge < -0.3 is 4.74 Å². The van der Waals surface area contributed by atoms with E-state index in [4.69, 9.17) is 4.74 Å². The van der Waals surface area contributed by atoms with Crippen LogP contribution in [0.4, 0.5) is 0 Å². The Morgan fingerprint density at radius 3 is 1.20 bits per heavy atom. The second-order valence-electron chi connectivity index (χ2n) is 9.23. The Balaban J connectivity index is 3.01. The number of hydrogen-bond donors (Lipinski definition) is 0. The molecule has 0 aromatic heterocycles. The minimum Gasteiger partial charge on any atom is -0.381 e. The molecule has 0 spiro atoms. The normalized spacial score (nSPS) is 12.0. The molecule has 0 aromatic carbocycles. The standard InChI is InChI=1S/C24H50O/c1-5-6-7-8-9-10-11-12-13-14-15-16-17-18-19-20-22-25-23-21-24(2,3)4/h5-23H2,1-4H3. The van der Waals surface area contributed by atoms with Gasteiger partial charge in [-0.2, -0.15) is 0 Å². The van der Waals surface area contributed by atoms with Gasteiger partial charge in [0.15, 0.2) is 0 Å². The summed E-state index contributed by atoms with van der Waals surface area (Å²) in [5.41, 5.74) is 0.411. The van der Waals surface area contributed by atoms with Crippen molar-refractivity contribution in [1.29, 1.82) is 0 Å². The molecular weight excluding hydrogens is 304 g/mol. The van der Waals surface area contributed by atoms with E-state index in [2.05, 4.69) is 27.7 Å². The molecule has 0 aliphatic carbocycles. The average Bonchev–Trinajstić information content (AvgIpc) is 2.56. The molecule has 0 aromatic rings. The maximum atomic E-state index is 5.73. The van der Waals surface area contributed by atoms with Crippen molar-refractivity contribution < 1.29 is 4.74 Å². The van der Waals surface area contributed by atoms with Gasteiger partial charge in [0.2, 0.25) is 0 Å². The molecule has 152 valence electrons. The van der Waals surface area contributed by atoms with Gasteiger partial charge in [-0.15, -0.1) is 0 Å². The minimum atomic E-state index is 0.411. The summed E-state index contributed by atoms with van der Waals surface area (Å²) >= 11 is 0. The zero-order valence-electron chi connectivity index (χ0n) is 18.3. The highest BCUT2D eigenvalue weighted by molar-refractivity contribution is 4.59. The zero-order chi connectivity index (χ0) is 18.6. The van der Waals surface area contributed by atoms with E-state index < -0.39 is 0 Å². The second-order valence-corrected chi connectivity index (χ2v) is 9.23. The van der Waals surface area contributed by atoms with Crippen molar-refractivity contribution in [2.45, 2.75) is 137 Å².